The van der Waals surface area contributed by atoms with Crippen molar-refractivity contribution < 1.29 is 9.18 Å². The molecule has 0 radical (unpaired) electrons. The van der Waals surface area contributed by atoms with E-state index in [1.165, 1.54) is 12.1 Å². The lowest BCUT2D eigenvalue weighted by Crippen LogP contribution is -2.48. The molecule has 0 atom stereocenters. The highest BCUT2D eigenvalue weighted by molar-refractivity contribution is 5.73. The number of piperazine rings is 1. The van der Waals surface area contributed by atoms with Gasteiger partial charge < -0.3 is 15.1 Å². The largest absolute Gasteiger partial charge is 0.370 e. The van der Waals surface area contributed by atoms with Crippen LogP contribution in [0.4, 0.5) is 16.2 Å². The fourth-order valence-corrected chi connectivity index (χ4v) is 2.81. The molecule has 1 N–H and O–H groups in total. The van der Waals surface area contributed by atoms with Crippen LogP contribution < -0.4 is 10.2 Å². The van der Waals surface area contributed by atoms with Crippen molar-refractivity contribution in [3.63, 3.8) is 0 Å². The third kappa shape index (κ3) is 4.65. The first-order valence-electron chi connectivity index (χ1n) is 8.43. The van der Waals surface area contributed by atoms with E-state index < -0.39 is 0 Å². The van der Waals surface area contributed by atoms with Crippen molar-refractivity contribution in [3.05, 3.63) is 47.9 Å². The summed E-state index contributed by atoms with van der Waals surface area (Å²) >= 11 is 0. The number of nitrogens with zero attached hydrogens (tertiary/aromatic N) is 4. The molecule has 6 nitrogen and oxygen atoms in total. The van der Waals surface area contributed by atoms with Gasteiger partial charge in [0.25, 0.3) is 0 Å². The predicted molar refractivity (Wildman–Crippen MR) is 95.1 cm³/mol. The van der Waals surface area contributed by atoms with Crippen LogP contribution in [0.2, 0.25) is 0 Å². The van der Waals surface area contributed by atoms with Gasteiger partial charge in [0.2, 0.25) is 11.9 Å². The van der Waals surface area contributed by atoms with Crippen LogP contribution in [0.3, 0.4) is 0 Å². The summed E-state index contributed by atoms with van der Waals surface area (Å²) < 4.78 is 12.9. The van der Waals surface area contributed by atoms with Crippen LogP contribution in [0.5, 0.6) is 0 Å². The Hall–Kier alpha value is -2.70. The lowest BCUT2D eigenvalue weighted by Gasteiger charge is -2.34. The first kappa shape index (κ1) is 17.1. The number of hydrogen-bond donors (Lipinski definition) is 1. The summed E-state index contributed by atoms with van der Waals surface area (Å²) in [6.45, 7) is 5.16. The zero-order valence-corrected chi connectivity index (χ0v) is 14.3. The standard InChI is InChI=1S/C18H22FN5O/c1-14(25)23-10-12-24(13-11-23)18-21-9-7-17(22-18)20-8-6-15-2-4-16(19)5-3-15/h2-5,7,9H,6,8,10-13H2,1H3,(H,20,21,22). The van der Waals surface area contributed by atoms with E-state index in [1.807, 2.05) is 11.0 Å². The van der Waals surface area contributed by atoms with Gasteiger partial charge in [-0.15, -0.1) is 0 Å². The summed E-state index contributed by atoms with van der Waals surface area (Å²) in [5.41, 5.74) is 1.07. The molecule has 0 bridgehead atoms. The number of rotatable bonds is 5. The lowest BCUT2D eigenvalue weighted by molar-refractivity contribution is -0.129. The number of hydrogen-bond acceptors (Lipinski definition) is 5. The minimum atomic E-state index is -0.220. The minimum Gasteiger partial charge on any atom is -0.370 e. The Labute approximate surface area is 146 Å². The van der Waals surface area contributed by atoms with E-state index >= 15 is 0 Å². The normalized spacial score (nSPS) is 14.5. The van der Waals surface area contributed by atoms with Crippen LogP contribution in [-0.2, 0) is 11.2 Å². The van der Waals surface area contributed by atoms with Gasteiger partial charge in [0.15, 0.2) is 0 Å². The smallest absolute Gasteiger partial charge is 0.227 e. The number of aromatic nitrogens is 2. The maximum atomic E-state index is 12.9. The minimum absolute atomic E-state index is 0.108. The van der Waals surface area contributed by atoms with Gasteiger partial charge >= 0.3 is 0 Å². The van der Waals surface area contributed by atoms with E-state index in [-0.39, 0.29) is 11.7 Å². The quantitative estimate of drug-likeness (QED) is 0.899. The molecule has 0 unspecified atom stereocenters. The van der Waals surface area contributed by atoms with Crippen molar-refractivity contribution in [3.8, 4) is 0 Å². The van der Waals surface area contributed by atoms with Crippen molar-refractivity contribution in [1.82, 2.24) is 14.9 Å². The van der Waals surface area contributed by atoms with Crippen LogP contribution in [0.1, 0.15) is 12.5 Å². The second-order valence-electron chi connectivity index (χ2n) is 6.04. The van der Waals surface area contributed by atoms with E-state index in [2.05, 4.69) is 20.2 Å². The monoisotopic (exact) mass is 343 g/mol. The van der Waals surface area contributed by atoms with Crippen molar-refractivity contribution in [2.45, 2.75) is 13.3 Å². The average molecular weight is 343 g/mol. The summed E-state index contributed by atoms with van der Waals surface area (Å²) in [4.78, 5) is 24.2. The number of halogens is 1. The first-order chi connectivity index (χ1) is 12.1. The Kier molecular flexibility index (Phi) is 5.42. The molecule has 1 aromatic heterocycles. The fraction of sp³-hybridized carbons (Fsp3) is 0.389. The zero-order chi connectivity index (χ0) is 17.6. The van der Waals surface area contributed by atoms with Crippen LogP contribution in [-0.4, -0.2) is 53.5 Å². The number of carbonyl (C=O) groups excluding carboxylic acids is 1. The molecule has 1 saturated heterocycles. The lowest BCUT2D eigenvalue weighted by atomic mass is 10.1. The van der Waals surface area contributed by atoms with Gasteiger partial charge in [-0.1, -0.05) is 12.1 Å². The van der Waals surface area contributed by atoms with E-state index in [1.54, 1.807) is 25.3 Å². The molecule has 7 heteroatoms. The molecule has 3 rings (SSSR count). The summed E-state index contributed by atoms with van der Waals surface area (Å²) in [7, 11) is 0. The Balaban J connectivity index is 1.53. The molecule has 1 aliphatic heterocycles. The average Bonchev–Trinajstić information content (AvgIpc) is 2.64. The second-order valence-corrected chi connectivity index (χ2v) is 6.04. The van der Waals surface area contributed by atoms with Crippen molar-refractivity contribution in [2.24, 2.45) is 0 Å². The molecule has 2 aromatic rings. The third-order valence-electron chi connectivity index (χ3n) is 4.28. The molecule has 1 fully saturated rings. The predicted octanol–water partition coefficient (Wildman–Crippen LogP) is 1.94. The van der Waals surface area contributed by atoms with Crippen molar-refractivity contribution in [1.29, 1.82) is 0 Å². The summed E-state index contributed by atoms with van der Waals surface area (Å²) in [6, 6.07) is 8.35. The first-order valence-corrected chi connectivity index (χ1v) is 8.43. The molecule has 2 heterocycles. The summed E-state index contributed by atoms with van der Waals surface area (Å²) in [5, 5.41) is 3.28. The molecule has 0 saturated carbocycles. The number of anilines is 2. The van der Waals surface area contributed by atoms with E-state index in [0.29, 0.717) is 25.6 Å². The van der Waals surface area contributed by atoms with Gasteiger partial charge in [-0.2, -0.15) is 4.98 Å². The molecule has 0 aliphatic carbocycles. The fourth-order valence-electron chi connectivity index (χ4n) is 2.81. The Morgan fingerprint density at radius 2 is 1.88 bits per heavy atom. The topological polar surface area (TPSA) is 61.4 Å². The third-order valence-corrected chi connectivity index (χ3v) is 4.28. The van der Waals surface area contributed by atoms with Gasteiger partial charge in [0.05, 0.1) is 0 Å². The van der Waals surface area contributed by atoms with Gasteiger partial charge in [-0.25, -0.2) is 9.37 Å². The molecule has 1 aromatic carbocycles. The molecule has 1 amide bonds. The van der Waals surface area contributed by atoms with E-state index in [4.69, 9.17) is 0 Å². The van der Waals surface area contributed by atoms with Gasteiger partial charge in [-0.3, -0.25) is 4.79 Å². The second kappa shape index (κ2) is 7.92. The highest BCUT2D eigenvalue weighted by Gasteiger charge is 2.20. The number of carbonyl (C=O) groups is 1. The van der Waals surface area contributed by atoms with Crippen LogP contribution >= 0.6 is 0 Å². The molecular weight excluding hydrogens is 321 g/mol. The molecule has 132 valence electrons. The van der Waals surface area contributed by atoms with Gasteiger partial charge in [0, 0.05) is 45.8 Å². The zero-order valence-electron chi connectivity index (χ0n) is 14.3. The maximum Gasteiger partial charge on any atom is 0.227 e. The SMILES string of the molecule is CC(=O)N1CCN(c2nccc(NCCc3ccc(F)cc3)n2)CC1. The van der Waals surface area contributed by atoms with E-state index in [9.17, 15) is 9.18 Å². The Bertz CT molecular complexity index is 714. The van der Waals surface area contributed by atoms with Crippen LogP contribution in [0.25, 0.3) is 0 Å². The Morgan fingerprint density at radius 1 is 1.16 bits per heavy atom. The van der Waals surface area contributed by atoms with Gasteiger partial charge in [-0.05, 0) is 30.2 Å². The Morgan fingerprint density at radius 3 is 2.56 bits per heavy atom. The van der Waals surface area contributed by atoms with Gasteiger partial charge in [0.1, 0.15) is 11.6 Å². The number of nitrogens with one attached hydrogen (secondary N) is 1. The summed E-state index contributed by atoms with van der Waals surface area (Å²) in [6.07, 6.45) is 2.52. The highest BCUT2D eigenvalue weighted by atomic mass is 19.1. The molecule has 1 aliphatic rings. The molecular formula is C18H22FN5O. The van der Waals surface area contributed by atoms with Crippen molar-refractivity contribution >= 4 is 17.7 Å². The summed E-state index contributed by atoms with van der Waals surface area (Å²) in [5.74, 6) is 1.33. The number of amides is 1. The van der Waals surface area contributed by atoms with E-state index in [0.717, 1.165) is 30.9 Å². The molecule has 25 heavy (non-hydrogen) atoms. The maximum absolute atomic E-state index is 12.9. The van der Waals surface area contributed by atoms with Crippen molar-refractivity contribution in [2.75, 3.05) is 42.9 Å². The van der Waals surface area contributed by atoms with Crippen LogP contribution in [0, 0.1) is 5.82 Å². The number of benzene rings is 1. The highest BCUT2D eigenvalue weighted by Crippen LogP contribution is 2.14. The van der Waals surface area contributed by atoms with Crippen LogP contribution in [0.15, 0.2) is 36.5 Å². The molecule has 0 spiro atoms.